The van der Waals surface area contributed by atoms with E-state index in [0.717, 1.165) is 22.6 Å². The minimum atomic E-state index is -0.151. The Morgan fingerprint density at radius 2 is 2.05 bits per heavy atom. The van der Waals surface area contributed by atoms with E-state index in [9.17, 15) is 4.79 Å². The molecule has 0 atom stereocenters. The number of aryl methyl sites for hydroxylation is 1. The van der Waals surface area contributed by atoms with Crippen LogP contribution in [-0.2, 0) is 0 Å². The van der Waals surface area contributed by atoms with Crippen molar-refractivity contribution in [3.05, 3.63) is 66.1 Å². The van der Waals surface area contributed by atoms with Gasteiger partial charge in [-0.25, -0.2) is 0 Å². The molecule has 0 spiro atoms. The molecule has 1 aromatic carbocycles. The van der Waals surface area contributed by atoms with Crippen molar-refractivity contribution in [3.8, 4) is 11.3 Å². The average molecular weight is 278 g/mol. The molecule has 0 aliphatic rings. The van der Waals surface area contributed by atoms with Crippen molar-refractivity contribution in [1.29, 1.82) is 0 Å². The van der Waals surface area contributed by atoms with Gasteiger partial charge in [0.25, 0.3) is 5.91 Å². The first-order valence-corrected chi connectivity index (χ1v) is 6.56. The number of aromatic amines is 1. The van der Waals surface area contributed by atoms with Crippen LogP contribution >= 0.6 is 0 Å². The molecule has 2 N–H and O–H groups in total. The molecule has 2 aromatic heterocycles. The summed E-state index contributed by atoms with van der Waals surface area (Å²) in [6.45, 7) is 1.86. The third-order valence-corrected chi connectivity index (χ3v) is 3.09. The van der Waals surface area contributed by atoms with Crippen molar-refractivity contribution in [3.63, 3.8) is 0 Å². The van der Waals surface area contributed by atoms with Crippen molar-refractivity contribution in [1.82, 2.24) is 15.2 Å². The summed E-state index contributed by atoms with van der Waals surface area (Å²) in [6, 6.07) is 12.9. The molecule has 0 aliphatic carbocycles. The smallest absolute Gasteiger partial charge is 0.255 e. The third-order valence-electron chi connectivity index (χ3n) is 3.09. The second kappa shape index (κ2) is 5.58. The molecule has 2 heterocycles. The summed E-state index contributed by atoms with van der Waals surface area (Å²) in [6.07, 6.45) is 3.33. The van der Waals surface area contributed by atoms with E-state index in [-0.39, 0.29) is 5.91 Å². The summed E-state index contributed by atoms with van der Waals surface area (Å²) >= 11 is 0. The van der Waals surface area contributed by atoms with E-state index in [4.69, 9.17) is 0 Å². The van der Waals surface area contributed by atoms with Crippen molar-refractivity contribution in [2.24, 2.45) is 0 Å². The van der Waals surface area contributed by atoms with Crippen LogP contribution in [-0.4, -0.2) is 21.1 Å². The Hall–Kier alpha value is -2.95. The largest absolute Gasteiger partial charge is 0.322 e. The molecule has 0 unspecified atom stereocenters. The molecule has 3 rings (SSSR count). The van der Waals surface area contributed by atoms with Crippen LogP contribution in [0.3, 0.4) is 0 Å². The topological polar surface area (TPSA) is 70.7 Å². The number of rotatable bonds is 3. The van der Waals surface area contributed by atoms with Crippen LogP contribution in [0, 0.1) is 6.92 Å². The number of carbonyl (C=O) groups excluding carboxylic acids is 1. The van der Waals surface area contributed by atoms with Gasteiger partial charge in [-0.15, -0.1) is 0 Å². The van der Waals surface area contributed by atoms with Crippen molar-refractivity contribution < 1.29 is 4.79 Å². The molecule has 0 fully saturated rings. The molecule has 5 nitrogen and oxygen atoms in total. The fraction of sp³-hybridized carbons (Fsp3) is 0.0625. The first-order valence-electron chi connectivity index (χ1n) is 6.56. The van der Waals surface area contributed by atoms with Crippen LogP contribution in [0.15, 0.2) is 54.9 Å². The molecule has 0 saturated heterocycles. The van der Waals surface area contributed by atoms with E-state index < -0.39 is 0 Å². The van der Waals surface area contributed by atoms with E-state index in [1.807, 2.05) is 37.3 Å². The molecular weight excluding hydrogens is 264 g/mol. The number of anilines is 1. The van der Waals surface area contributed by atoms with E-state index in [2.05, 4.69) is 20.5 Å². The molecule has 1 amide bonds. The van der Waals surface area contributed by atoms with Gasteiger partial charge in [-0.2, -0.15) is 5.10 Å². The first-order chi connectivity index (χ1) is 10.2. The lowest BCUT2D eigenvalue weighted by atomic mass is 10.1. The van der Waals surface area contributed by atoms with Crippen LogP contribution in [0.4, 0.5) is 5.69 Å². The average Bonchev–Trinajstić information content (AvgIpc) is 3.02. The number of carbonyl (C=O) groups is 1. The summed E-state index contributed by atoms with van der Waals surface area (Å²) in [5.41, 5.74) is 4.02. The van der Waals surface area contributed by atoms with Gasteiger partial charge in [0.05, 0.1) is 5.69 Å². The van der Waals surface area contributed by atoms with E-state index in [0.29, 0.717) is 5.56 Å². The van der Waals surface area contributed by atoms with E-state index >= 15 is 0 Å². The minimum Gasteiger partial charge on any atom is -0.322 e. The van der Waals surface area contributed by atoms with Crippen molar-refractivity contribution >= 4 is 11.6 Å². The quantitative estimate of drug-likeness (QED) is 0.773. The van der Waals surface area contributed by atoms with Crippen LogP contribution < -0.4 is 5.32 Å². The number of hydrogen-bond acceptors (Lipinski definition) is 3. The van der Waals surface area contributed by atoms with Crippen LogP contribution in [0.25, 0.3) is 11.3 Å². The Bertz CT molecular complexity index is 765. The van der Waals surface area contributed by atoms with Gasteiger partial charge in [-0.1, -0.05) is 12.1 Å². The Morgan fingerprint density at radius 1 is 1.14 bits per heavy atom. The maximum absolute atomic E-state index is 12.2. The lowest BCUT2D eigenvalue weighted by Crippen LogP contribution is -2.12. The highest BCUT2D eigenvalue weighted by molar-refractivity contribution is 6.04. The molecule has 0 aliphatic heterocycles. The number of H-pyrrole nitrogens is 1. The van der Waals surface area contributed by atoms with E-state index in [1.165, 1.54) is 0 Å². The number of pyridine rings is 1. The predicted molar refractivity (Wildman–Crippen MR) is 81.0 cm³/mol. The van der Waals surface area contributed by atoms with Crippen LogP contribution in [0.5, 0.6) is 0 Å². The Kier molecular flexibility index (Phi) is 3.47. The summed E-state index contributed by atoms with van der Waals surface area (Å²) in [4.78, 5) is 16.3. The monoisotopic (exact) mass is 278 g/mol. The number of aromatic nitrogens is 3. The number of hydrogen-bond donors (Lipinski definition) is 2. The van der Waals surface area contributed by atoms with Crippen molar-refractivity contribution in [2.45, 2.75) is 6.92 Å². The number of amides is 1. The summed E-state index contributed by atoms with van der Waals surface area (Å²) in [5, 5.41) is 9.72. The SMILES string of the molecule is Cc1cc(C(=O)Nc2cccc(-c3ccn[nH]3)c2)ccn1. The summed E-state index contributed by atoms with van der Waals surface area (Å²) in [5.74, 6) is -0.151. The van der Waals surface area contributed by atoms with Gasteiger partial charge in [0.1, 0.15) is 0 Å². The second-order valence-electron chi connectivity index (χ2n) is 4.69. The Morgan fingerprint density at radius 3 is 2.81 bits per heavy atom. The highest BCUT2D eigenvalue weighted by Gasteiger charge is 2.07. The lowest BCUT2D eigenvalue weighted by Gasteiger charge is -2.07. The van der Waals surface area contributed by atoms with Crippen LogP contribution in [0.1, 0.15) is 16.1 Å². The van der Waals surface area contributed by atoms with E-state index in [1.54, 1.807) is 24.5 Å². The lowest BCUT2D eigenvalue weighted by molar-refractivity contribution is 0.102. The predicted octanol–water partition coefficient (Wildman–Crippen LogP) is 3.03. The first kappa shape index (κ1) is 13.1. The number of benzene rings is 1. The zero-order valence-electron chi connectivity index (χ0n) is 11.5. The van der Waals surface area contributed by atoms with Gasteiger partial charge in [0.15, 0.2) is 0 Å². The fourth-order valence-electron chi connectivity index (χ4n) is 2.07. The molecule has 0 radical (unpaired) electrons. The van der Waals surface area contributed by atoms with Gasteiger partial charge in [-0.3, -0.25) is 14.9 Å². The fourth-order valence-corrected chi connectivity index (χ4v) is 2.07. The highest BCUT2D eigenvalue weighted by Crippen LogP contribution is 2.20. The van der Waals surface area contributed by atoms with Gasteiger partial charge < -0.3 is 5.32 Å². The molecule has 5 heteroatoms. The number of nitrogens with one attached hydrogen (secondary N) is 2. The molecular formula is C16H14N4O. The zero-order chi connectivity index (χ0) is 14.7. The minimum absolute atomic E-state index is 0.151. The molecule has 0 bridgehead atoms. The Labute approximate surface area is 122 Å². The normalized spacial score (nSPS) is 10.3. The van der Waals surface area contributed by atoms with Gasteiger partial charge in [0.2, 0.25) is 0 Å². The highest BCUT2D eigenvalue weighted by atomic mass is 16.1. The third kappa shape index (κ3) is 2.97. The summed E-state index contributed by atoms with van der Waals surface area (Å²) in [7, 11) is 0. The van der Waals surface area contributed by atoms with Gasteiger partial charge in [-0.05, 0) is 37.3 Å². The van der Waals surface area contributed by atoms with Crippen LogP contribution in [0.2, 0.25) is 0 Å². The molecule has 3 aromatic rings. The summed E-state index contributed by atoms with van der Waals surface area (Å²) < 4.78 is 0. The maximum atomic E-state index is 12.2. The van der Waals surface area contributed by atoms with Crippen molar-refractivity contribution in [2.75, 3.05) is 5.32 Å². The maximum Gasteiger partial charge on any atom is 0.255 e. The molecule has 104 valence electrons. The second-order valence-corrected chi connectivity index (χ2v) is 4.69. The molecule has 0 saturated carbocycles. The van der Waals surface area contributed by atoms with Gasteiger partial charge >= 0.3 is 0 Å². The van der Waals surface area contributed by atoms with Gasteiger partial charge in [0, 0.05) is 34.9 Å². The number of nitrogens with zero attached hydrogens (tertiary/aromatic N) is 2. The Balaban J connectivity index is 1.82. The molecule has 21 heavy (non-hydrogen) atoms. The standard InChI is InChI=1S/C16H14N4O/c1-11-9-13(5-7-17-11)16(21)19-14-4-2-3-12(10-14)15-6-8-18-20-15/h2-10H,1H3,(H,18,20)(H,19,21). The zero-order valence-corrected chi connectivity index (χ0v) is 11.5.